The van der Waals surface area contributed by atoms with Crippen molar-refractivity contribution in [3.05, 3.63) is 126 Å². The summed E-state index contributed by atoms with van der Waals surface area (Å²) in [6, 6.07) is 30.0. The van der Waals surface area contributed by atoms with E-state index in [1.54, 1.807) is 0 Å². The third-order valence-electron chi connectivity index (χ3n) is 4.74. The van der Waals surface area contributed by atoms with Crippen LogP contribution in [0, 0.1) is 6.92 Å². The van der Waals surface area contributed by atoms with E-state index in [0.29, 0.717) is 0 Å². The maximum Gasteiger partial charge on any atom is 0.121 e. The number of hydrogen-bond acceptors (Lipinski definition) is 1. The minimum atomic E-state index is -0.452. The highest BCUT2D eigenvalue weighted by atomic mass is 15.1. The van der Waals surface area contributed by atoms with Gasteiger partial charge in [-0.2, -0.15) is 0 Å². The highest BCUT2D eigenvalue weighted by Crippen LogP contribution is 2.40. The van der Waals surface area contributed by atoms with Gasteiger partial charge in [0.15, 0.2) is 0 Å². The number of imidazole rings is 1. The van der Waals surface area contributed by atoms with Gasteiger partial charge in [0.1, 0.15) is 5.54 Å². The van der Waals surface area contributed by atoms with Crippen molar-refractivity contribution in [3.63, 3.8) is 0 Å². The van der Waals surface area contributed by atoms with E-state index < -0.39 is 5.54 Å². The van der Waals surface area contributed by atoms with Gasteiger partial charge in [-0.25, -0.2) is 4.98 Å². The Bertz CT molecular complexity index is 885. The summed E-state index contributed by atoms with van der Waals surface area (Å²) in [7, 11) is 0. The zero-order valence-electron chi connectivity index (χ0n) is 14.2. The second-order valence-electron chi connectivity index (χ2n) is 6.28. The van der Waals surface area contributed by atoms with Gasteiger partial charge in [-0.3, -0.25) is 0 Å². The fourth-order valence-corrected chi connectivity index (χ4v) is 3.56. The van der Waals surface area contributed by atoms with Gasteiger partial charge < -0.3 is 4.57 Å². The molecule has 0 aliphatic heterocycles. The van der Waals surface area contributed by atoms with Gasteiger partial charge in [-0.1, -0.05) is 90.5 Å². The highest BCUT2D eigenvalue weighted by Gasteiger charge is 2.37. The molecule has 2 nitrogen and oxygen atoms in total. The molecule has 0 saturated heterocycles. The first-order valence-corrected chi connectivity index (χ1v) is 8.48. The van der Waals surface area contributed by atoms with Crippen molar-refractivity contribution in [2.45, 2.75) is 12.5 Å². The molecule has 0 bridgehead atoms. The first-order chi connectivity index (χ1) is 12.3. The highest BCUT2D eigenvalue weighted by molar-refractivity contribution is 5.50. The Morgan fingerprint density at radius 1 is 0.680 bits per heavy atom. The van der Waals surface area contributed by atoms with E-state index in [4.69, 9.17) is 0 Å². The zero-order chi connectivity index (χ0) is 17.1. The number of benzene rings is 3. The largest absolute Gasteiger partial charge is 0.319 e. The normalized spacial score (nSPS) is 11.4. The molecule has 0 aliphatic carbocycles. The van der Waals surface area contributed by atoms with Crippen LogP contribution in [0.15, 0.2) is 104 Å². The minimum absolute atomic E-state index is 0.452. The Labute approximate surface area is 148 Å². The lowest BCUT2D eigenvalue weighted by Crippen LogP contribution is -2.36. The Kier molecular flexibility index (Phi) is 3.95. The average molecular weight is 324 g/mol. The lowest BCUT2D eigenvalue weighted by atomic mass is 9.76. The maximum absolute atomic E-state index is 4.35. The zero-order valence-corrected chi connectivity index (χ0v) is 14.2. The summed E-state index contributed by atoms with van der Waals surface area (Å²) in [4.78, 5) is 4.35. The van der Waals surface area contributed by atoms with Gasteiger partial charge >= 0.3 is 0 Å². The molecule has 0 radical (unpaired) electrons. The molecular formula is C23H20N2. The minimum Gasteiger partial charge on any atom is -0.319 e. The topological polar surface area (TPSA) is 17.8 Å². The molecule has 0 spiro atoms. The molecule has 0 fully saturated rings. The summed E-state index contributed by atoms with van der Waals surface area (Å²) in [5.41, 5.74) is 4.44. The molecule has 4 rings (SSSR count). The Morgan fingerprint density at radius 3 is 1.68 bits per heavy atom. The molecule has 0 amide bonds. The van der Waals surface area contributed by atoms with Gasteiger partial charge in [0.2, 0.25) is 0 Å². The number of rotatable bonds is 4. The van der Waals surface area contributed by atoms with Gasteiger partial charge in [0, 0.05) is 12.4 Å². The fourth-order valence-electron chi connectivity index (χ4n) is 3.56. The monoisotopic (exact) mass is 324 g/mol. The van der Waals surface area contributed by atoms with E-state index in [1.807, 2.05) is 18.7 Å². The molecule has 0 unspecified atom stereocenters. The van der Waals surface area contributed by atoms with Gasteiger partial charge in [0.05, 0.1) is 6.33 Å². The van der Waals surface area contributed by atoms with Crippen LogP contribution in [0.25, 0.3) is 0 Å². The van der Waals surface area contributed by atoms with E-state index in [0.717, 1.165) is 0 Å². The average Bonchev–Trinajstić information content (AvgIpc) is 3.21. The molecule has 4 aromatic rings. The summed E-state index contributed by atoms with van der Waals surface area (Å²) in [6.45, 7) is 2.12. The maximum atomic E-state index is 4.35. The molecule has 1 heterocycles. The van der Waals surface area contributed by atoms with Crippen LogP contribution in [-0.4, -0.2) is 9.55 Å². The van der Waals surface area contributed by atoms with Crippen molar-refractivity contribution >= 4 is 0 Å². The fraction of sp³-hybridized carbons (Fsp3) is 0.0870. The smallest absolute Gasteiger partial charge is 0.121 e. The Balaban J connectivity index is 2.11. The van der Waals surface area contributed by atoms with Crippen LogP contribution in [-0.2, 0) is 5.54 Å². The predicted molar refractivity (Wildman–Crippen MR) is 102 cm³/mol. The molecule has 1 aromatic heterocycles. The quantitative estimate of drug-likeness (QED) is 0.481. The first-order valence-electron chi connectivity index (χ1n) is 8.48. The van der Waals surface area contributed by atoms with Crippen molar-refractivity contribution in [2.75, 3.05) is 0 Å². The second kappa shape index (κ2) is 6.40. The SMILES string of the molecule is Cc1ccc(C(c2ccccc2)(c2ccccc2)n2ccnc2)cc1. The Morgan fingerprint density at radius 2 is 1.20 bits per heavy atom. The third-order valence-corrected chi connectivity index (χ3v) is 4.74. The molecule has 2 heteroatoms. The van der Waals surface area contributed by atoms with E-state index in [2.05, 4.69) is 101 Å². The van der Waals surface area contributed by atoms with Gasteiger partial charge in [0.25, 0.3) is 0 Å². The summed E-state index contributed by atoms with van der Waals surface area (Å²) < 4.78 is 2.20. The van der Waals surface area contributed by atoms with Crippen molar-refractivity contribution in [1.29, 1.82) is 0 Å². The second-order valence-corrected chi connectivity index (χ2v) is 6.28. The van der Waals surface area contributed by atoms with Crippen LogP contribution >= 0.6 is 0 Å². The summed E-state index contributed by atoms with van der Waals surface area (Å²) in [5, 5.41) is 0. The van der Waals surface area contributed by atoms with Crippen LogP contribution in [0.5, 0.6) is 0 Å². The lowest BCUT2D eigenvalue weighted by molar-refractivity contribution is 0.514. The molecule has 0 N–H and O–H groups in total. The van der Waals surface area contributed by atoms with E-state index in [-0.39, 0.29) is 0 Å². The number of nitrogens with zero attached hydrogens (tertiary/aromatic N) is 2. The van der Waals surface area contributed by atoms with Crippen LogP contribution < -0.4 is 0 Å². The van der Waals surface area contributed by atoms with Gasteiger partial charge in [-0.15, -0.1) is 0 Å². The molecule has 0 aliphatic rings. The predicted octanol–water partition coefficient (Wildman–Crippen LogP) is 5.03. The standard InChI is InChI=1S/C23H20N2/c1-19-12-14-22(15-13-19)23(25-17-16-24-18-25,20-8-4-2-5-9-20)21-10-6-3-7-11-21/h2-18H,1H3. The van der Waals surface area contributed by atoms with Crippen LogP contribution in [0.4, 0.5) is 0 Å². The molecule has 0 atom stereocenters. The van der Waals surface area contributed by atoms with Crippen molar-refractivity contribution < 1.29 is 0 Å². The van der Waals surface area contributed by atoms with E-state index in [1.165, 1.54) is 22.3 Å². The molecular weight excluding hydrogens is 304 g/mol. The molecule has 25 heavy (non-hydrogen) atoms. The lowest BCUT2D eigenvalue weighted by Gasteiger charge is -2.37. The number of aromatic nitrogens is 2. The van der Waals surface area contributed by atoms with Crippen LogP contribution in [0.1, 0.15) is 22.3 Å². The van der Waals surface area contributed by atoms with E-state index >= 15 is 0 Å². The summed E-state index contributed by atoms with van der Waals surface area (Å²) >= 11 is 0. The summed E-state index contributed by atoms with van der Waals surface area (Å²) in [5.74, 6) is 0. The first kappa shape index (κ1) is 15.4. The van der Waals surface area contributed by atoms with Crippen molar-refractivity contribution in [3.8, 4) is 0 Å². The third kappa shape index (κ3) is 2.56. The number of aryl methyl sites for hydroxylation is 1. The van der Waals surface area contributed by atoms with Gasteiger partial charge in [-0.05, 0) is 23.6 Å². The molecule has 122 valence electrons. The van der Waals surface area contributed by atoms with Crippen molar-refractivity contribution in [1.82, 2.24) is 9.55 Å². The van der Waals surface area contributed by atoms with E-state index in [9.17, 15) is 0 Å². The summed E-state index contributed by atoms with van der Waals surface area (Å²) in [6.07, 6.45) is 5.79. The van der Waals surface area contributed by atoms with Crippen molar-refractivity contribution in [2.24, 2.45) is 0 Å². The molecule has 0 saturated carbocycles. The van der Waals surface area contributed by atoms with Crippen LogP contribution in [0.3, 0.4) is 0 Å². The number of hydrogen-bond donors (Lipinski definition) is 0. The molecule has 3 aromatic carbocycles. The Hall–Kier alpha value is -3.13. The van der Waals surface area contributed by atoms with Crippen LogP contribution in [0.2, 0.25) is 0 Å².